The molecule has 0 spiro atoms. The summed E-state index contributed by atoms with van der Waals surface area (Å²) < 4.78 is 0. The molecule has 2 heteroatoms. The summed E-state index contributed by atoms with van der Waals surface area (Å²) in [4.78, 5) is 2.60. The fourth-order valence-corrected chi connectivity index (χ4v) is 2.38. The smallest absolute Gasteiger partial charge is 0.0218 e. The minimum absolute atomic E-state index is 0.659. The van der Waals surface area contributed by atoms with E-state index < -0.39 is 0 Å². The van der Waals surface area contributed by atoms with Gasteiger partial charge in [-0.3, -0.25) is 4.90 Å². The average molecular weight is 198 g/mol. The molecule has 2 atom stereocenters. The molecule has 0 radical (unpaired) electrons. The topological polar surface area (TPSA) is 29.3 Å². The van der Waals surface area contributed by atoms with Crippen LogP contribution in [0.5, 0.6) is 0 Å². The number of rotatable bonds is 6. The van der Waals surface area contributed by atoms with Crippen molar-refractivity contribution >= 4 is 0 Å². The van der Waals surface area contributed by atoms with E-state index in [4.69, 9.17) is 5.73 Å². The van der Waals surface area contributed by atoms with E-state index in [1.54, 1.807) is 0 Å². The Kier molecular flexibility index (Phi) is 5.49. The van der Waals surface area contributed by atoms with Crippen molar-refractivity contribution in [2.45, 2.75) is 52.0 Å². The summed E-state index contributed by atoms with van der Waals surface area (Å²) in [6, 6.07) is 0.659. The lowest BCUT2D eigenvalue weighted by molar-refractivity contribution is 0.225. The summed E-state index contributed by atoms with van der Waals surface area (Å²) in [6.45, 7) is 7.99. The van der Waals surface area contributed by atoms with Crippen LogP contribution < -0.4 is 5.73 Å². The Hall–Kier alpha value is -0.0800. The summed E-state index contributed by atoms with van der Waals surface area (Å²) in [5, 5.41) is 0. The highest BCUT2D eigenvalue weighted by molar-refractivity contribution is 4.80. The molecule has 1 aliphatic rings. The monoisotopic (exact) mass is 198 g/mol. The molecule has 2 nitrogen and oxygen atoms in total. The van der Waals surface area contributed by atoms with Crippen LogP contribution in [-0.2, 0) is 0 Å². The Morgan fingerprint density at radius 1 is 1.43 bits per heavy atom. The minimum atomic E-state index is 0.659. The van der Waals surface area contributed by atoms with Crippen molar-refractivity contribution in [3.05, 3.63) is 0 Å². The van der Waals surface area contributed by atoms with Crippen molar-refractivity contribution in [3.8, 4) is 0 Å². The maximum absolute atomic E-state index is 5.84. The van der Waals surface area contributed by atoms with E-state index in [9.17, 15) is 0 Å². The molecule has 1 heterocycles. The van der Waals surface area contributed by atoms with Crippen LogP contribution in [0.25, 0.3) is 0 Å². The van der Waals surface area contributed by atoms with Gasteiger partial charge in [0.05, 0.1) is 0 Å². The quantitative estimate of drug-likeness (QED) is 0.663. The normalized spacial score (nSPS) is 25.5. The molecule has 1 saturated heterocycles. The van der Waals surface area contributed by atoms with Crippen LogP contribution in [0, 0.1) is 5.92 Å². The van der Waals surface area contributed by atoms with Crippen LogP contribution in [0.2, 0.25) is 0 Å². The predicted octanol–water partition coefficient (Wildman–Crippen LogP) is 2.24. The van der Waals surface area contributed by atoms with Gasteiger partial charge in [-0.05, 0) is 25.3 Å². The Morgan fingerprint density at radius 2 is 2.21 bits per heavy atom. The maximum Gasteiger partial charge on any atom is 0.0218 e. The fraction of sp³-hybridized carbons (Fsp3) is 1.00. The molecular formula is C12H26N2. The third kappa shape index (κ3) is 3.58. The molecule has 1 rings (SSSR count). The molecule has 1 fully saturated rings. The summed E-state index contributed by atoms with van der Waals surface area (Å²) in [5.41, 5.74) is 5.84. The van der Waals surface area contributed by atoms with Crippen molar-refractivity contribution < 1.29 is 0 Å². The molecule has 0 aromatic heterocycles. The molecule has 0 bridgehead atoms. The van der Waals surface area contributed by atoms with Gasteiger partial charge in [0, 0.05) is 19.1 Å². The van der Waals surface area contributed by atoms with Crippen LogP contribution in [-0.4, -0.2) is 30.6 Å². The van der Waals surface area contributed by atoms with E-state index >= 15 is 0 Å². The van der Waals surface area contributed by atoms with E-state index in [2.05, 4.69) is 18.7 Å². The van der Waals surface area contributed by atoms with E-state index in [0.717, 1.165) is 12.5 Å². The van der Waals surface area contributed by atoms with Crippen molar-refractivity contribution in [2.75, 3.05) is 19.6 Å². The highest BCUT2D eigenvalue weighted by Gasteiger charge is 2.24. The molecule has 2 unspecified atom stereocenters. The van der Waals surface area contributed by atoms with Gasteiger partial charge < -0.3 is 5.73 Å². The van der Waals surface area contributed by atoms with Crippen molar-refractivity contribution in [1.29, 1.82) is 0 Å². The predicted molar refractivity (Wildman–Crippen MR) is 62.3 cm³/mol. The standard InChI is InChI=1S/C12H26N2/c1-3-4-5-6-12(9-13)14-8-7-11(2)10-14/h11-12H,3-10,13H2,1-2H3. The van der Waals surface area contributed by atoms with Gasteiger partial charge in [-0.1, -0.05) is 33.1 Å². The number of hydrogen-bond acceptors (Lipinski definition) is 2. The number of nitrogens with two attached hydrogens (primary N) is 1. The SMILES string of the molecule is CCCCCC(CN)N1CCC(C)C1. The van der Waals surface area contributed by atoms with Gasteiger partial charge in [0.25, 0.3) is 0 Å². The lowest BCUT2D eigenvalue weighted by Crippen LogP contribution is -2.39. The Labute approximate surface area is 88.8 Å². The molecule has 2 N–H and O–H groups in total. The highest BCUT2D eigenvalue weighted by Crippen LogP contribution is 2.20. The lowest BCUT2D eigenvalue weighted by Gasteiger charge is -2.26. The zero-order valence-corrected chi connectivity index (χ0v) is 9.84. The molecule has 0 aliphatic carbocycles. The molecule has 0 aromatic carbocycles. The molecular weight excluding hydrogens is 172 g/mol. The van der Waals surface area contributed by atoms with Gasteiger partial charge in [0.1, 0.15) is 0 Å². The first-order valence-corrected chi connectivity index (χ1v) is 6.22. The zero-order valence-electron chi connectivity index (χ0n) is 9.84. The zero-order chi connectivity index (χ0) is 10.4. The fourth-order valence-electron chi connectivity index (χ4n) is 2.38. The summed E-state index contributed by atoms with van der Waals surface area (Å²) in [6.07, 6.45) is 6.69. The van der Waals surface area contributed by atoms with E-state index in [1.165, 1.54) is 45.2 Å². The Morgan fingerprint density at radius 3 is 2.71 bits per heavy atom. The van der Waals surface area contributed by atoms with Crippen LogP contribution in [0.1, 0.15) is 46.0 Å². The summed E-state index contributed by atoms with van der Waals surface area (Å²) in [5.74, 6) is 0.884. The number of nitrogens with zero attached hydrogens (tertiary/aromatic N) is 1. The Balaban J connectivity index is 2.23. The highest BCUT2D eigenvalue weighted by atomic mass is 15.2. The largest absolute Gasteiger partial charge is 0.329 e. The van der Waals surface area contributed by atoms with E-state index in [-0.39, 0.29) is 0 Å². The number of hydrogen-bond donors (Lipinski definition) is 1. The first-order valence-electron chi connectivity index (χ1n) is 6.22. The average Bonchev–Trinajstić information content (AvgIpc) is 2.60. The third-order valence-corrected chi connectivity index (χ3v) is 3.38. The van der Waals surface area contributed by atoms with Gasteiger partial charge >= 0.3 is 0 Å². The van der Waals surface area contributed by atoms with Crippen molar-refractivity contribution in [2.24, 2.45) is 11.7 Å². The Bertz CT molecular complexity index is 147. The van der Waals surface area contributed by atoms with Crippen LogP contribution in [0.15, 0.2) is 0 Å². The summed E-state index contributed by atoms with van der Waals surface area (Å²) in [7, 11) is 0. The lowest BCUT2D eigenvalue weighted by atomic mass is 10.1. The first-order chi connectivity index (χ1) is 6.77. The van der Waals surface area contributed by atoms with E-state index in [1.807, 2.05) is 0 Å². The van der Waals surface area contributed by atoms with Gasteiger partial charge in [-0.2, -0.15) is 0 Å². The van der Waals surface area contributed by atoms with Crippen molar-refractivity contribution in [3.63, 3.8) is 0 Å². The molecule has 14 heavy (non-hydrogen) atoms. The maximum atomic E-state index is 5.84. The second-order valence-corrected chi connectivity index (χ2v) is 4.77. The van der Waals surface area contributed by atoms with Gasteiger partial charge in [-0.15, -0.1) is 0 Å². The van der Waals surface area contributed by atoms with Gasteiger partial charge in [-0.25, -0.2) is 0 Å². The third-order valence-electron chi connectivity index (χ3n) is 3.38. The molecule has 0 saturated carbocycles. The first kappa shape index (κ1) is 12.0. The number of likely N-dealkylation sites (tertiary alicyclic amines) is 1. The second-order valence-electron chi connectivity index (χ2n) is 4.77. The minimum Gasteiger partial charge on any atom is -0.329 e. The summed E-state index contributed by atoms with van der Waals surface area (Å²) >= 11 is 0. The molecule has 1 aliphatic heterocycles. The van der Waals surface area contributed by atoms with Crippen LogP contribution >= 0.6 is 0 Å². The second kappa shape index (κ2) is 6.41. The molecule has 0 amide bonds. The van der Waals surface area contributed by atoms with Gasteiger partial charge in [0.15, 0.2) is 0 Å². The van der Waals surface area contributed by atoms with E-state index in [0.29, 0.717) is 6.04 Å². The van der Waals surface area contributed by atoms with Crippen molar-refractivity contribution in [1.82, 2.24) is 4.90 Å². The van der Waals surface area contributed by atoms with Crippen LogP contribution in [0.4, 0.5) is 0 Å². The molecule has 0 aromatic rings. The van der Waals surface area contributed by atoms with Gasteiger partial charge in [0.2, 0.25) is 0 Å². The van der Waals surface area contributed by atoms with Crippen LogP contribution in [0.3, 0.4) is 0 Å². The number of unbranched alkanes of at least 4 members (excludes halogenated alkanes) is 2. The molecule has 84 valence electrons.